The molecule has 2 aromatic rings. The number of ether oxygens (including phenoxy) is 2. The van der Waals surface area contributed by atoms with E-state index in [0.29, 0.717) is 12.5 Å². The van der Waals surface area contributed by atoms with Crippen LogP contribution in [-0.4, -0.2) is 60.5 Å². The van der Waals surface area contributed by atoms with E-state index >= 15 is 0 Å². The van der Waals surface area contributed by atoms with Gasteiger partial charge in [-0.05, 0) is 42.9 Å². The van der Waals surface area contributed by atoms with Crippen molar-refractivity contribution in [2.45, 2.75) is 25.8 Å². The summed E-state index contributed by atoms with van der Waals surface area (Å²) in [7, 11) is 1.78. The molecule has 0 aliphatic carbocycles. The molecular weight excluding hydrogens is 356 g/mol. The number of aromatic nitrogens is 3. The first-order valence-electron chi connectivity index (χ1n) is 9.88. The van der Waals surface area contributed by atoms with Gasteiger partial charge in [-0.1, -0.05) is 0 Å². The molecule has 1 saturated heterocycles. The van der Waals surface area contributed by atoms with Crippen LogP contribution in [0.1, 0.15) is 24.8 Å². The molecule has 0 unspecified atom stereocenters. The fourth-order valence-electron chi connectivity index (χ4n) is 3.06. The van der Waals surface area contributed by atoms with Crippen molar-refractivity contribution in [2.75, 3.05) is 40.0 Å². The second kappa shape index (κ2) is 11.4. The van der Waals surface area contributed by atoms with E-state index in [4.69, 9.17) is 9.47 Å². The Morgan fingerprint density at radius 2 is 2.21 bits per heavy atom. The van der Waals surface area contributed by atoms with Gasteiger partial charge in [0.05, 0.1) is 0 Å². The van der Waals surface area contributed by atoms with Crippen LogP contribution in [0.4, 0.5) is 0 Å². The molecule has 2 aromatic heterocycles. The molecule has 0 amide bonds. The first kappa shape index (κ1) is 20.3. The van der Waals surface area contributed by atoms with Crippen LogP contribution in [0.15, 0.2) is 42.0 Å². The fraction of sp³-hybridized carbons (Fsp3) is 0.550. The average molecular weight is 386 g/mol. The minimum atomic E-state index is 0.656. The van der Waals surface area contributed by atoms with Crippen molar-refractivity contribution in [1.82, 2.24) is 25.2 Å². The maximum atomic E-state index is 5.80. The van der Waals surface area contributed by atoms with E-state index in [1.807, 2.05) is 22.9 Å². The molecule has 0 bridgehead atoms. The summed E-state index contributed by atoms with van der Waals surface area (Å²) in [5, 5.41) is 6.66. The Bertz CT molecular complexity index is 713. The maximum Gasteiger partial charge on any atom is 0.191 e. The predicted octanol–water partition coefficient (Wildman–Crippen LogP) is 1.77. The zero-order valence-corrected chi connectivity index (χ0v) is 16.5. The summed E-state index contributed by atoms with van der Waals surface area (Å²) in [5.41, 5.74) is 1.13. The largest absolute Gasteiger partial charge is 0.381 e. The van der Waals surface area contributed by atoms with Crippen molar-refractivity contribution in [3.63, 3.8) is 0 Å². The Balaban J connectivity index is 1.32. The summed E-state index contributed by atoms with van der Waals surface area (Å²) in [6, 6.07) is 4.02. The summed E-state index contributed by atoms with van der Waals surface area (Å²) in [5.74, 6) is 2.29. The number of nitrogens with zero attached hydrogens (tertiary/aromatic N) is 4. The summed E-state index contributed by atoms with van der Waals surface area (Å²) in [4.78, 5) is 12.7. The van der Waals surface area contributed by atoms with Gasteiger partial charge in [0.1, 0.15) is 12.1 Å². The summed E-state index contributed by atoms with van der Waals surface area (Å²) in [6.45, 7) is 4.85. The molecular formula is C20H30N6O2. The second-order valence-electron chi connectivity index (χ2n) is 6.83. The van der Waals surface area contributed by atoms with Crippen LogP contribution in [0.2, 0.25) is 0 Å². The highest BCUT2D eigenvalue weighted by Crippen LogP contribution is 2.14. The summed E-state index contributed by atoms with van der Waals surface area (Å²) in [6.07, 6.45) is 10.3. The molecule has 1 fully saturated rings. The van der Waals surface area contributed by atoms with Gasteiger partial charge in [0.15, 0.2) is 5.96 Å². The molecule has 1 aliphatic rings. The predicted molar refractivity (Wildman–Crippen MR) is 109 cm³/mol. The van der Waals surface area contributed by atoms with Gasteiger partial charge in [0.2, 0.25) is 0 Å². The van der Waals surface area contributed by atoms with Gasteiger partial charge in [-0.25, -0.2) is 9.97 Å². The van der Waals surface area contributed by atoms with Crippen molar-refractivity contribution >= 4 is 5.96 Å². The monoisotopic (exact) mass is 386 g/mol. The molecule has 2 N–H and O–H groups in total. The quantitative estimate of drug-likeness (QED) is 0.388. The smallest absolute Gasteiger partial charge is 0.191 e. The zero-order valence-electron chi connectivity index (χ0n) is 16.5. The van der Waals surface area contributed by atoms with E-state index in [-0.39, 0.29) is 0 Å². The molecule has 1 aliphatic heterocycles. The van der Waals surface area contributed by atoms with Crippen LogP contribution in [0, 0.1) is 5.92 Å². The molecule has 8 nitrogen and oxygen atoms in total. The zero-order chi connectivity index (χ0) is 19.4. The van der Waals surface area contributed by atoms with E-state index in [1.54, 1.807) is 25.8 Å². The molecule has 152 valence electrons. The highest BCUT2D eigenvalue weighted by atomic mass is 16.5. The standard InChI is InChI=1S/C20H30N6O2/c1-21-20(24-6-2-10-28-15-17-4-11-27-12-5-17)25-14-18-3-7-23-19(13-18)26-9-8-22-16-26/h3,7-9,13,16-17H,2,4-6,10-12,14-15H2,1H3,(H2,21,24,25). The third kappa shape index (κ3) is 6.61. The fourth-order valence-corrected chi connectivity index (χ4v) is 3.06. The number of hydrogen-bond acceptors (Lipinski definition) is 5. The topological polar surface area (TPSA) is 85.6 Å². The normalized spacial score (nSPS) is 15.5. The molecule has 8 heteroatoms. The first-order chi connectivity index (χ1) is 13.8. The lowest BCUT2D eigenvalue weighted by molar-refractivity contribution is 0.0203. The lowest BCUT2D eigenvalue weighted by Gasteiger charge is -2.21. The van der Waals surface area contributed by atoms with Gasteiger partial charge in [-0.15, -0.1) is 0 Å². The molecule has 0 atom stereocenters. The van der Waals surface area contributed by atoms with Gasteiger partial charge in [-0.3, -0.25) is 9.56 Å². The van der Waals surface area contributed by atoms with E-state index in [9.17, 15) is 0 Å². The lowest BCUT2D eigenvalue weighted by atomic mass is 10.0. The molecule has 0 aromatic carbocycles. The molecule has 0 saturated carbocycles. The minimum absolute atomic E-state index is 0.656. The van der Waals surface area contributed by atoms with Crippen molar-refractivity contribution < 1.29 is 9.47 Å². The average Bonchev–Trinajstić information content (AvgIpc) is 3.29. The number of guanidine groups is 1. The Hall–Kier alpha value is -2.45. The van der Waals surface area contributed by atoms with E-state index in [2.05, 4.69) is 25.6 Å². The van der Waals surface area contributed by atoms with Crippen LogP contribution >= 0.6 is 0 Å². The van der Waals surface area contributed by atoms with Crippen molar-refractivity contribution in [2.24, 2.45) is 10.9 Å². The third-order valence-electron chi connectivity index (χ3n) is 4.71. The Morgan fingerprint density at radius 3 is 3.00 bits per heavy atom. The van der Waals surface area contributed by atoms with Crippen LogP contribution in [-0.2, 0) is 16.0 Å². The van der Waals surface area contributed by atoms with E-state index in [1.165, 1.54) is 0 Å². The van der Waals surface area contributed by atoms with Gasteiger partial charge in [-0.2, -0.15) is 0 Å². The molecule has 3 rings (SSSR count). The first-order valence-corrected chi connectivity index (χ1v) is 9.88. The van der Waals surface area contributed by atoms with Crippen LogP contribution in [0.3, 0.4) is 0 Å². The van der Waals surface area contributed by atoms with Gasteiger partial charge < -0.3 is 20.1 Å². The number of hydrogen-bond donors (Lipinski definition) is 2. The van der Waals surface area contributed by atoms with Gasteiger partial charge in [0.25, 0.3) is 0 Å². The van der Waals surface area contributed by atoms with Crippen LogP contribution in [0.25, 0.3) is 5.82 Å². The number of imidazole rings is 1. The summed E-state index contributed by atoms with van der Waals surface area (Å²) < 4.78 is 13.1. The number of rotatable bonds is 9. The molecule has 0 radical (unpaired) electrons. The second-order valence-corrected chi connectivity index (χ2v) is 6.83. The van der Waals surface area contributed by atoms with Crippen LogP contribution in [0.5, 0.6) is 0 Å². The molecule has 28 heavy (non-hydrogen) atoms. The van der Waals surface area contributed by atoms with E-state index < -0.39 is 0 Å². The van der Waals surface area contributed by atoms with Crippen molar-refractivity contribution in [3.8, 4) is 5.82 Å². The molecule has 0 spiro atoms. The minimum Gasteiger partial charge on any atom is -0.381 e. The Kier molecular flexibility index (Phi) is 8.26. The van der Waals surface area contributed by atoms with E-state index in [0.717, 1.165) is 69.6 Å². The van der Waals surface area contributed by atoms with Crippen molar-refractivity contribution in [3.05, 3.63) is 42.6 Å². The van der Waals surface area contributed by atoms with Gasteiger partial charge in [0, 0.05) is 65.2 Å². The van der Waals surface area contributed by atoms with Crippen molar-refractivity contribution in [1.29, 1.82) is 0 Å². The highest BCUT2D eigenvalue weighted by molar-refractivity contribution is 5.79. The summed E-state index contributed by atoms with van der Waals surface area (Å²) >= 11 is 0. The number of aliphatic imine (C=N–C) groups is 1. The third-order valence-corrected chi connectivity index (χ3v) is 4.71. The SMILES string of the molecule is CN=C(NCCCOCC1CCOCC1)NCc1ccnc(-n2ccnc2)c1. The Labute approximate surface area is 166 Å². The number of pyridine rings is 1. The Morgan fingerprint density at radius 1 is 1.32 bits per heavy atom. The highest BCUT2D eigenvalue weighted by Gasteiger charge is 2.13. The molecule has 3 heterocycles. The van der Waals surface area contributed by atoms with Gasteiger partial charge >= 0.3 is 0 Å². The lowest BCUT2D eigenvalue weighted by Crippen LogP contribution is -2.37. The maximum absolute atomic E-state index is 5.80. The van der Waals surface area contributed by atoms with Crippen LogP contribution < -0.4 is 10.6 Å². The number of nitrogens with one attached hydrogen (secondary N) is 2.